The van der Waals surface area contributed by atoms with Crippen LogP contribution in [-0.2, 0) is 11.2 Å². The molecule has 146 valence electrons. The van der Waals surface area contributed by atoms with Crippen LogP contribution in [0.4, 0.5) is 5.69 Å². The van der Waals surface area contributed by atoms with E-state index in [9.17, 15) is 9.59 Å². The van der Waals surface area contributed by atoms with E-state index in [2.05, 4.69) is 12.2 Å². The SMILES string of the molecule is CCCc1cc(=O)oc2cc(OCC(=O)Nc3cc(C)ccc3OC)ccc12. The lowest BCUT2D eigenvalue weighted by Gasteiger charge is -2.12. The molecule has 1 heterocycles. The first-order chi connectivity index (χ1) is 13.5. The highest BCUT2D eigenvalue weighted by molar-refractivity contribution is 5.93. The van der Waals surface area contributed by atoms with Crippen molar-refractivity contribution >= 4 is 22.6 Å². The third kappa shape index (κ3) is 4.52. The lowest BCUT2D eigenvalue weighted by atomic mass is 10.1. The van der Waals surface area contributed by atoms with Gasteiger partial charge in [0, 0.05) is 17.5 Å². The number of carbonyl (C=O) groups is 1. The fraction of sp³-hybridized carbons (Fsp3) is 0.273. The molecule has 0 saturated heterocycles. The lowest BCUT2D eigenvalue weighted by Crippen LogP contribution is -2.20. The Morgan fingerprint density at radius 1 is 1.14 bits per heavy atom. The third-order valence-corrected chi connectivity index (χ3v) is 4.32. The Kier molecular flexibility index (Phi) is 5.99. The molecule has 0 bridgehead atoms. The smallest absolute Gasteiger partial charge is 0.336 e. The predicted molar refractivity (Wildman–Crippen MR) is 108 cm³/mol. The van der Waals surface area contributed by atoms with Crippen LogP contribution in [0.25, 0.3) is 11.0 Å². The van der Waals surface area contributed by atoms with E-state index in [0.29, 0.717) is 22.8 Å². The van der Waals surface area contributed by atoms with E-state index in [-0.39, 0.29) is 12.5 Å². The molecular weight excluding hydrogens is 358 g/mol. The summed E-state index contributed by atoms with van der Waals surface area (Å²) in [6.45, 7) is 3.81. The van der Waals surface area contributed by atoms with Crippen LogP contribution in [0.2, 0.25) is 0 Å². The Hall–Kier alpha value is -3.28. The first-order valence-corrected chi connectivity index (χ1v) is 9.14. The monoisotopic (exact) mass is 381 g/mol. The Balaban J connectivity index is 1.72. The summed E-state index contributed by atoms with van der Waals surface area (Å²) >= 11 is 0. The molecule has 0 aliphatic carbocycles. The van der Waals surface area contributed by atoms with E-state index in [1.807, 2.05) is 25.1 Å². The quantitative estimate of drug-likeness (QED) is 0.624. The molecule has 1 aromatic heterocycles. The van der Waals surface area contributed by atoms with Crippen LogP contribution in [0.1, 0.15) is 24.5 Å². The van der Waals surface area contributed by atoms with Crippen molar-refractivity contribution in [3.63, 3.8) is 0 Å². The van der Waals surface area contributed by atoms with Gasteiger partial charge in [-0.2, -0.15) is 0 Å². The molecule has 6 heteroatoms. The molecule has 0 spiro atoms. The minimum Gasteiger partial charge on any atom is -0.495 e. The van der Waals surface area contributed by atoms with E-state index in [1.54, 1.807) is 25.3 Å². The maximum atomic E-state index is 12.3. The number of amides is 1. The van der Waals surface area contributed by atoms with Crippen molar-refractivity contribution in [2.75, 3.05) is 19.0 Å². The van der Waals surface area contributed by atoms with Gasteiger partial charge in [0.25, 0.3) is 5.91 Å². The molecule has 0 fully saturated rings. The Labute approximate surface area is 163 Å². The van der Waals surface area contributed by atoms with Crippen LogP contribution in [0, 0.1) is 6.92 Å². The standard InChI is InChI=1S/C22H23NO5/c1-4-5-15-11-22(25)28-20-12-16(7-8-17(15)20)27-13-21(24)23-18-10-14(2)6-9-19(18)26-3/h6-12H,4-5,13H2,1-3H3,(H,23,24). The summed E-state index contributed by atoms with van der Waals surface area (Å²) in [6, 6.07) is 12.3. The molecule has 2 aromatic carbocycles. The van der Waals surface area contributed by atoms with Crippen molar-refractivity contribution in [3.05, 3.63) is 64.0 Å². The number of ether oxygens (including phenoxy) is 2. The fourth-order valence-corrected chi connectivity index (χ4v) is 3.03. The summed E-state index contributed by atoms with van der Waals surface area (Å²) in [5.74, 6) is 0.718. The summed E-state index contributed by atoms with van der Waals surface area (Å²) in [5, 5.41) is 3.66. The summed E-state index contributed by atoms with van der Waals surface area (Å²) in [4.78, 5) is 24.0. The molecular formula is C22H23NO5. The zero-order valence-electron chi connectivity index (χ0n) is 16.2. The van der Waals surface area contributed by atoms with Gasteiger partial charge in [-0.1, -0.05) is 19.4 Å². The number of hydrogen-bond acceptors (Lipinski definition) is 5. The van der Waals surface area contributed by atoms with E-state index in [0.717, 1.165) is 29.4 Å². The minimum atomic E-state index is -0.391. The molecule has 1 amide bonds. The van der Waals surface area contributed by atoms with Gasteiger partial charge in [-0.15, -0.1) is 0 Å². The number of carbonyl (C=O) groups excluding carboxylic acids is 1. The zero-order valence-corrected chi connectivity index (χ0v) is 16.2. The van der Waals surface area contributed by atoms with Gasteiger partial charge in [-0.3, -0.25) is 4.79 Å². The Morgan fingerprint density at radius 2 is 1.96 bits per heavy atom. The van der Waals surface area contributed by atoms with Crippen LogP contribution >= 0.6 is 0 Å². The molecule has 0 radical (unpaired) electrons. The van der Waals surface area contributed by atoms with Crippen LogP contribution < -0.4 is 20.4 Å². The first-order valence-electron chi connectivity index (χ1n) is 9.14. The molecule has 0 aliphatic heterocycles. The van der Waals surface area contributed by atoms with Crippen molar-refractivity contribution < 1.29 is 18.7 Å². The topological polar surface area (TPSA) is 77.8 Å². The van der Waals surface area contributed by atoms with E-state index < -0.39 is 5.63 Å². The third-order valence-electron chi connectivity index (χ3n) is 4.32. The number of benzene rings is 2. The van der Waals surface area contributed by atoms with Gasteiger partial charge in [0.1, 0.15) is 17.1 Å². The predicted octanol–water partition coefficient (Wildman–Crippen LogP) is 4.08. The summed E-state index contributed by atoms with van der Waals surface area (Å²) in [7, 11) is 1.55. The van der Waals surface area contributed by atoms with Gasteiger partial charge >= 0.3 is 5.63 Å². The molecule has 6 nitrogen and oxygen atoms in total. The zero-order chi connectivity index (χ0) is 20.1. The molecule has 0 saturated carbocycles. The molecule has 3 rings (SSSR count). The number of anilines is 1. The number of nitrogens with one attached hydrogen (secondary N) is 1. The minimum absolute atomic E-state index is 0.179. The van der Waals surface area contributed by atoms with Crippen molar-refractivity contribution in [1.29, 1.82) is 0 Å². The van der Waals surface area contributed by atoms with Crippen molar-refractivity contribution in [1.82, 2.24) is 0 Å². The summed E-state index contributed by atoms with van der Waals surface area (Å²) < 4.78 is 16.1. The summed E-state index contributed by atoms with van der Waals surface area (Å²) in [5.41, 5.74) is 2.60. The van der Waals surface area contributed by atoms with Gasteiger partial charge in [0.15, 0.2) is 6.61 Å². The van der Waals surface area contributed by atoms with Gasteiger partial charge in [0.2, 0.25) is 0 Å². The largest absolute Gasteiger partial charge is 0.495 e. The normalized spacial score (nSPS) is 10.7. The van der Waals surface area contributed by atoms with E-state index >= 15 is 0 Å². The lowest BCUT2D eigenvalue weighted by molar-refractivity contribution is -0.118. The highest BCUT2D eigenvalue weighted by Gasteiger charge is 2.10. The number of rotatable bonds is 7. The fourth-order valence-electron chi connectivity index (χ4n) is 3.03. The molecule has 3 aromatic rings. The molecule has 0 aliphatic rings. The van der Waals surface area contributed by atoms with Crippen molar-refractivity contribution in [2.24, 2.45) is 0 Å². The van der Waals surface area contributed by atoms with Crippen LogP contribution in [0.3, 0.4) is 0 Å². The molecule has 28 heavy (non-hydrogen) atoms. The van der Waals surface area contributed by atoms with Gasteiger partial charge < -0.3 is 19.2 Å². The van der Waals surface area contributed by atoms with Gasteiger partial charge in [-0.05, 0) is 48.7 Å². The first kappa shape index (κ1) is 19.5. The van der Waals surface area contributed by atoms with Crippen LogP contribution in [0.15, 0.2) is 51.7 Å². The summed E-state index contributed by atoms with van der Waals surface area (Å²) in [6.07, 6.45) is 1.72. The number of fused-ring (bicyclic) bond motifs is 1. The van der Waals surface area contributed by atoms with Crippen LogP contribution in [-0.4, -0.2) is 19.6 Å². The average molecular weight is 381 g/mol. The highest BCUT2D eigenvalue weighted by Crippen LogP contribution is 2.26. The second-order valence-electron chi connectivity index (χ2n) is 6.54. The second-order valence-corrected chi connectivity index (χ2v) is 6.54. The maximum absolute atomic E-state index is 12.3. The Bertz CT molecular complexity index is 1050. The van der Waals surface area contributed by atoms with Gasteiger partial charge in [0.05, 0.1) is 12.8 Å². The maximum Gasteiger partial charge on any atom is 0.336 e. The van der Waals surface area contributed by atoms with Crippen LogP contribution in [0.5, 0.6) is 11.5 Å². The van der Waals surface area contributed by atoms with Gasteiger partial charge in [-0.25, -0.2) is 4.79 Å². The van der Waals surface area contributed by atoms with Crippen molar-refractivity contribution in [3.8, 4) is 11.5 Å². The average Bonchev–Trinajstić information content (AvgIpc) is 2.66. The molecule has 0 atom stereocenters. The number of hydrogen-bond donors (Lipinski definition) is 1. The van der Waals surface area contributed by atoms with E-state index in [1.165, 1.54) is 6.07 Å². The molecule has 1 N–H and O–H groups in total. The number of aryl methyl sites for hydroxylation is 2. The highest BCUT2D eigenvalue weighted by atomic mass is 16.5. The van der Waals surface area contributed by atoms with Crippen molar-refractivity contribution in [2.45, 2.75) is 26.7 Å². The van der Waals surface area contributed by atoms with E-state index in [4.69, 9.17) is 13.9 Å². The number of methoxy groups -OCH3 is 1. The molecule has 0 unspecified atom stereocenters. The second kappa shape index (κ2) is 8.61. The Morgan fingerprint density at radius 3 is 2.71 bits per heavy atom.